The third-order valence-electron chi connectivity index (χ3n) is 2.13. The third-order valence-corrected chi connectivity index (χ3v) is 3.52. The first kappa shape index (κ1) is 12.7. The summed E-state index contributed by atoms with van der Waals surface area (Å²) in [5, 5.41) is 0. The molecule has 0 heterocycles. The van der Waals surface area contributed by atoms with E-state index in [0.29, 0.717) is 6.79 Å². The highest BCUT2D eigenvalue weighted by molar-refractivity contribution is 14.1. The maximum atomic E-state index is 5.22. The number of alkyl halides is 1. The molecule has 0 spiro atoms. The number of ether oxygens (including phenoxy) is 2. The van der Waals surface area contributed by atoms with Crippen LogP contribution >= 0.6 is 22.6 Å². The molecule has 0 fully saturated rings. The van der Waals surface area contributed by atoms with E-state index in [0.717, 1.165) is 24.9 Å². The lowest BCUT2D eigenvalue weighted by atomic mass is 9.95. The fourth-order valence-corrected chi connectivity index (χ4v) is 1.72. The van der Waals surface area contributed by atoms with E-state index in [-0.39, 0.29) is 0 Å². The van der Waals surface area contributed by atoms with Crippen LogP contribution in [-0.4, -0.2) is 24.9 Å². The van der Waals surface area contributed by atoms with Crippen LogP contribution in [0.15, 0.2) is 0 Å². The second-order valence-corrected chi connectivity index (χ2v) is 4.09. The van der Waals surface area contributed by atoms with Crippen molar-refractivity contribution in [2.75, 3.05) is 24.9 Å². The lowest BCUT2D eigenvalue weighted by molar-refractivity contribution is -0.0351. The zero-order chi connectivity index (χ0) is 9.40. The molecule has 0 saturated heterocycles. The van der Waals surface area contributed by atoms with Gasteiger partial charge >= 0.3 is 0 Å². The summed E-state index contributed by atoms with van der Waals surface area (Å²) >= 11 is 2.43. The van der Waals surface area contributed by atoms with Gasteiger partial charge in [0.15, 0.2) is 0 Å². The van der Waals surface area contributed by atoms with Crippen LogP contribution in [0, 0.1) is 11.8 Å². The molecule has 0 N–H and O–H groups in total. The molecule has 0 aliphatic carbocycles. The van der Waals surface area contributed by atoms with Crippen molar-refractivity contribution in [1.29, 1.82) is 0 Å². The lowest BCUT2D eigenvalue weighted by Crippen LogP contribution is -2.12. The lowest BCUT2D eigenvalue weighted by Gasteiger charge is -2.16. The standard InChI is InChI=1S/C9H19IO2/c1-8(9(2)6-10)4-5-12-7-11-3/h8-9H,4-7H2,1-3H3/t8-,9+/m0/s1. The minimum absolute atomic E-state index is 0.422. The van der Waals surface area contributed by atoms with Crippen LogP contribution < -0.4 is 0 Å². The molecular formula is C9H19IO2. The zero-order valence-corrected chi connectivity index (χ0v) is 10.3. The molecule has 2 nitrogen and oxygen atoms in total. The van der Waals surface area contributed by atoms with Gasteiger partial charge in [0.05, 0.1) is 0 Å². The predicted molar refractivity (Wildman–Crippen MR) is 59.7 cm³/mol. The van der Waals surface area contributed by atoms with Crippen molar-refractivity contribution in [2.24, 2.45) is 11.8 Å². The average Bonchev–Trinajstić information content (AvgIpc) is 2.10. The van der Waals surface area contributed by atoms with Crippen LogP contribution in [-0.2, 0) is 9.47 Å². The van der Waals surface area contributed by atoms with Gasteiger partial charge in [-0.2, -0.15) is 0 Å². The summed E-state index contributed by atoms with van der Waals surface area (Å²) in [5.41, 5.74) is 0. The Kier molecular flexibility index (Phi) is 8.70. The first-order valence-electron chi connectivity index (χ1n) is 4.35. The quantitative estimate of drug-likeness (QED) is 0.310. The molecule has 12 heavy (non-hydrogen) atoms. The number of hydrogen-bond donors (Lipinski definition) is 0. The van der Waals surface area contributed by atoms with Gasteiger partial charge in [-0.3, -0.25) is 0 Å². The van der Waals surface area contributed by atoms with E-state index in [1.807, 2.05) is 0 Å². The van der Waals surface area contributed by atoms with Crippen molar-refractivity contribution >= 4 is 22.6 Å². The minimum atomic E-state index is 0.422. The van der Waals surface area contributed by atoms with Gasteiger partial charge in [0.1, 0.15) is 6.79 Å². The van der Waals surface area contributed by atoms with Gasteiger partial charge in [0.25, 0.3) is 0 Å². The second kappa shape index (κ2) is 8.26. The largest absolute Gasteiger partial charge is 0.359 e. The molecule has 0 saturated carbocycles. The topological polar surface area (TPSA) is 18.5 Å². The molecule has 0 bridgehead atoms. The van der Waals surface area contributed by atoms with E-state index in [1.54, 1.807) is 7.11 Å². The Balaban J connectivity index is 3.24. The molecule has 0 radical (unpaired) electrons. The first-order chi connectivity index (χ1) is 5.72. The van der Waals surface area contributed by atoms with E-state index in [9.17, 15) is 0 Å². The van der Waals surface area contributed by atoms with Gasteiger partial charge in [-0.1, -0.05) is 36.4 Å². The molecule has 0 amide bonds. The van der Waals surface area contributed by atoms with Crippen LogP contribution in [0.3, 0.4) is 0 Å². The van der Waals surface area contributed by atoms with E-state index in [4.69, 9.17) is 9.47 Å². The summed E-state index contributed by atoms with van der Waals surface area (Å²) in [4.78, 5) is 0. The summed E-state index contributed by atoms with van der Waals surface area (Å²) in [5.74, 6) is 1.54. The van der Waals surface area contributed by atoms with Gasteiger partial charge in [-0.25, -0.2) is 0 Å². The summed E-state index contributed by atoms with van der Waals surface area (Å²) in [7, 11) is 1.65. The molecule has 0 aromatic carbocycles. The summed E-state index contributed by atoms with van der Waals surface area (Å²) in [6.45, 7) is 5.80. The van der Waals surface area contributed by atoms with E-state index in [2.05, 4.69) is 36.4 Å². The van der Waals surface area contributed by atoms with Crippen molar-refractivity contribution in [3.8, 4) is 0 Å². The third kappa shape index (κ3) is 6.20. The van der Waals surface area contributed by atoms with Crippen molar-refractivity contribution in [1.82, 2.24) is 0 Å². The number of rotatable bonds is 7. The summed E-state index contributed by atoms with van der Waals surface area (Å²) in [6.07, 6.45) is 1.13. The SMILES string of the molecule is COCOCC[C@H](C)[C@H](C)CI. The highest BCUT2D eigenvalue weighted by atomic mass is 127. The van der Waals surface area contributed by atoms with Crippen LogP contribution in [0.2, 0.25) is 0 Å². The average molecular weight is 286 g/mol. The van der Waals surface area contributed by atoms with Gasteiger partial charge in [0, 0.05) is 18.1 Å². The summed E-state index contributed by atoms with van der Waals surface area (Å²) < 4.78 is 11.2. The van der Waals surface area contributed by atoms with E-state index < -0.39 is 0 Å². The Morgan fingerprint density at radius 1 is 1.25 bits per heavy atom. The molecular weight excluding hydrogens is 267 g/mol. The fraction of sp³-hybridized carbons (Fsp3) is 1.00. The van der Waals surface area contributed by atoms with Crippen LogP contribution in [0.5, 0.6) is 0 Å². The van der Waals surface area contributed by atoms with Crippen LogP contribution in [0.4, 0.5) is 0 Å². The smallest absolute Gasteiger partial charge is 0.146 e. The zero-order valence-electron chi connectivity index (χ0n) is 8.18. The van der Waals surface area contributed by atoms with E-state index in [1.165, 1.54) is 4.43 Å². The van der Waals surface area contributed by atoms with Crippen LogP contribution in [0.1, 0.15) is 20.3 Å². The molecule has 0 aromatic heterocycles. The van der Waals surface area contributed by atoms with E-state index >= 15 is 0 Å². The number of halogens is 1. The monoisotopic (exact) mass is 286 g/mol. The predicted octanol–water partition coefficient (Wildman–Crippen LogP) is 2.70. The van der Waals surface area contributed by atoms with Gasteiger partial charge in [-0.05, 0) is 18.3 Å². The second-order valence-electron chi connectivity index (χ2n) is 3.21. The Morgan fingerprint density at radius 2 is 1.92 bits per heavy atom. The normalized spacial score (nSPS) is 16.0. The van der Waals surface area contributed by atoms with Crippen molar-refractivity contribution < 1.29 is 9.47 Å². The fourth-order valence-electron chi connectivity index (χ4n) is 0.848. The Morgan fingerprint density at radius 3 is 2.42 bits per heavy atom. The molecule has 0 aromatic rings. The highest BCUT2D eigenvalue weighted by Gasteiger charge is 2.09. The maximum Gasteiger partial charge on any atom is 0.146 e. The van der Waals surface area contributed by atoms with Gasteiger partial charge in [0.2, 0.25) is 0 Å². The molecule has 2 atom stereocenters. The molecule has 0 aliphatic heterocycles. The number of methoxy groups -OCH3 is 1. The number of hydrogen-bond acceptors (Lipinski definition) is 2. The van der Waals surface area contributed by atoms with Gasteiger partial charge in [-0.15, -0.1) is 0 Å². The summed E-state index contributed by atoms with van der Waals surface area (Å²) in [6, 6.07) is 0. The Labute approximate surface area is 89.1 Å². The highest BCUT2D eigenvalue weighted by Crippen LogP contribution is 2.16. The molecule has 0 aliphatic rings. The van der Waals surface area contributed by atoms with Crippen molar-refractivity contribution in [2.45, 2.75) is 20.3 Å². The molecule has 3 heteroatoms. The molecule has 74 valence electrons. The molecule has 0 unspecified atom stereocenters. The molecule has 0 rings (SSSR count). The van der Waals surface area contributed by atoms with Gasteiger partial charge < -0.3 is 9.47 Å². The van der Waals surface area contributed by atoms with Crippen molar-refractivity contribution in [3.63, 3.8) is 0 Å². The van der Waals surface area contributed by atoms with Crippen molar-refractivity contribution in [3.05, 3.63) is 0 Å². The minimum Gasteiger partial charge on any atom is -0.359 e. The first-order valence-corrected chi connectivity index (χ1v) is 5.87. The van der Waals surface area contributed by atoms with Crippen LogP contribution in [0.25, 0.3) is 0 Å². The Bertz CT molecular complexity index is 98.5. The Hall–Kier alpha value is 0.650. The maximum absolute atomic E-state index is 5.22.